The molecule has 3 nitrogen and oxygen atoms in total. The average molecular weight is 271 g/mol. The van der Waals surface area contributed by atoms with Gasteiger partial charge in [-0.1, -0.05) is 0 Å². The van der Waals surface area contributed by atoms with Crippen molar-refractivity contribution in [2.75, 3.05) is 0 Å². The zero-order valence-electron chi connectivity index (χ0n) is 9.58. The van der Waals surface area contributed by atoms with E-state index in [0.29, 0.717) is 11.8 Å². The zero-order chi connectivity index (χ0) is 14.0. The Morgan fingerprint density at radius 2 is 1.79 bits per heavy atom. The molecule has 1 heterocycles. The molecule has 2 aromatic rings. The van der Waals surface area contributed by atoms with Crippen molar-refractivity contribution in [1.82, 2.24) is 10.2 Å². The summed E-state index contributed by atoms with van der Waals surface area (Å²) in [5.41, 5.74) is 4.92. The Kier molecular flexibility index (Phi) is 3.48. The molecule has 1 aromatic carbocycles. The number of nitrogens with two attached hydrogens (primary N) is 1. The minimum atomic E-state index is -4.57. The van der Waals surface area contributed by atoms with Gasteiger partial charge in [-0.2, -0.15) is 23.4 Å². The van der Waals surface area contributed by atoms with E-state index in [1.54, 1.807) is 6.07 Å². The largest absolute Gasteiger partial charge is 0.416 e. The van der Waals surface area contributed by atoms with Crippen LogP contribution < -0.4 is 5.73 Å². The molecule has 0 spiro atoms. The maximum absolute atomic E-state index is 13.7. The van der Waals surface area contributed by atoms with Gasteiger partial charge in [0.15, 0.2) is 0 Å². The predicted molar refractivity (Wildman–Crippen MR) is 60.3 cm³/mol. The van der Waals surface area contributed by atoms with Crippen molar-refractivity contribution in [2.45, 2.75) is 12.7 Å². The van der Waals surface area contributed by atoms with Crippen LogP contribution in [-0.2, 0) is 12.7 Å². The van der Waals surface area contributed by atoms with E-state index in [0.717, 1.165) is 12.1 Å². The molecule has 0 bridgehead atoms. The summed E-state index contributed by atoms with van der Waals surface area (Å²) < 4.78 is 50.8. The second-order valence-electron chi connectivity index (χ2n) is 3.81. The Balaban J connectivity index is 2.40. The van der Waals surface area contributed by atoms with Crippen molar-refractivity contribution < 1.29 is 17.6 Å². The van der Waals surface area contributed by atoms with E-state index in [4.69, 9.17) is 5.73 Å². The summed E-state index contributed by atoms with van der Waals surface area (Å²) >= 11 is 0. The second kappa shape index (κ2) is 4.93. The molecular formula is C12H9F4N3. The molecule has 0 aliphatic heterocycles. The van der Waals surface area contributed by atoms with E-state index >= 15 is 0 Å². The maximum atomic E-state index is 13.7. The number of hydrogen-bond donors (Lipinski definition) is 1. The van der Waals surface area contributed by atoms with Crippen molar-refractivity contribution in [3.8, 4) is 11.3 Å². The predicted octanol–water partition coefficient (Wildman–Crippen LogP) is 2.76. The van der Waals surface area contributed by atoms with E-state index in [-0.39, 0.29) is 17.8 Å². The summed E-state index contributed by atoms with van der Waals surface area (Å²) in [5, 5.41) is 7.44. The number of aromatic nitrogens is 2. The van der Waals surface area contributed by atoms with Crippen molar-refractivity contribution in [1.29, 1.82) is 0 Å². The van der Waals surface area contributed by atoms with E-state index < -0.39 is 17.6 Å². The molecule has 0 fully saturated rings. The molecular weight excluding hydrogens is 262 g/mol. The topological polar surface area (TPSA) is 51.8 Å². The van der Waals surface area contributed by atoms with Crippen LogP contribution in [0.5, 0.6) is 0 Å². The molecule has 2 rings (SSSR count). The van der Waals surface area contributed by atoms with Gasteiger partial charge < -0.3 is 5.73 Å². The van der Waals surface area contributed by atoms with Crippen LogP contribution in [0.2, 0.25) is 0 Å². The first-order valence-corrected chi connectivity index (χ1v) is 5.31. The van der Waals surface area contributed by atoms with Gasteiger partial charge in [0.2, 0.25) is 0 Å². The van der Waals surface area contributed by atoms with Crippen LogP contribution in [0, 0.1) is 5.82 Å². The Hall–Kier alpha value is -2.02. The molecule has 1 aromatic heterocycles. The van der Waals surface area contributed by atoms with Crippen LogP contribution in [0.1, 0.15) is 11.3 Å². The summed E-state index contributed by atoms with van der Waals surface area (Å²) in [5.74, 6) is -0.996. The molecule has 0 unspecified atom stereocenters. The third-order valence-corrected chi connectivity index (χ3v) is 2.50. The van der Waals surface area contributed by atoms with Gasteiger partial charge in [0.05, 0.1) is 17.0 Å². The van der Waals surface area contributed by atoms with Crippen LogP contribution in [-0.4, -0.2) is 10.2 Å². The van der Waals surface area contributed by atoms with Gasteiger partial charge in [0.25, 0.3) is 0 Å². The molecule has 19 heavy (non-hydrogen) atoms. The highest BCUT2D eigenvalue weighted by Gasteiger charge is 2.31. The SMILES string of the molecule is NCc1ccc(-c2ccc(C(F)(F)F)cc2F)nn1. The first-order chi connectivity index (χ1) is 8.91. The van der Waals surface area contributed by atoms with E-state index in [2.05, 4.69) is 10.2 Å². The molecule has 0 saturated carbocycles. The summed E-state index contributed by atoms with van der Waals surface area (Å²) in [7, 11) is 0. The summed E-state index contributed by atoms with van der Waals surface area (Å²) in [6, 6.07) is 5.27. The van der Waals surface area contributed by atoms with Crippen LogP contribution in [0.25, 0.3) is 11.3 Å². The highest BCUT2D eigenvalue weighted by Crippen LogP contribution is 2.32. The van der Waals surface area contributed by atoms with Crippen LogP contribution in [0.3, 0.4) is 0 Å². The number of halogens is 4. The zero-order valence-corrected chi connectivity index (χ0v) is 9.58. The first-order valence-electron chi connectivity index (χ1n) is 5.31. The van der Waals surface area contributed by atoms with Gasteiger partial charge in [-0.05, 0) is 30.3 Å². The quantitative estimate of drug-likeness (QED) is 0.854. The highest BCUT2D eigenvalue weighted by molar-refractivity contribution is 5.60. The lowest BCUT2D eigenvalue weighted by atomic mass is 10.1. The lowest BCUT2D eigenvalue weighted by Gasteiger charge is -2.08. The fourth-order valence-corrected chi connectivity index (χ4v) is 1.51. The van der Waals surface area contributed by atoms with Crippen molar-refractivity contribution in [3.63, 3.8) is 0 Å². The Bertz CT molecular complexity index is 579. The van der Waals surface area contributed by atoms with E-state index in [1.165, 1.54) is 6.07 Å². The van der Waals surface area contributed by atoms with E-state index in [1.807, 2.05) is 0 Å². The number of benzene rings is 1. The molecule has 0 atom stereocenters. The van der Waals surface area contributed by atoms with Crippen molar-refractivity contribution >= 4 is 0 Å². The Morgan fingerprint density at radius 3 is 2.26 bits per heavy atom. The molecule has 0 aliphatic carbocycles. The highest BCUT2D eigenvalue weighted by atomic mass is 19.4. The van der Waals surface area contributed by atoms with Gasteiger partial charge >= 0.3 is 6.18 Å². The van der Waals surface area contributed by atoms with Crippen LogP contribution in [0.4, 0.5) is 17.6 Å². The molecule has 100 valence electrons. The number of alkyl halides is 3. The molecule has 0 saturated heterocycles. The minimum absolute atomic E-state index is 0.0379. The van der Waals surface area contributed by atoms with Crippen molar-refractivity contribution in [2.24, 2.45) is 5.73 Å². The summed E-state index contributed by atoms with van der Waals surface area (Å²) in [6.07, 6.45) is -4.57. The number of nitrogens with zero attached hydrogens (tertiary/aromatic N) is 2. The average Bonchev–Trinajstić information content (AvgIpc) is 2.38. The molecule has 0 amide bonds. The summed E-state index contributed by atoms with van der Waals surface area (Å²) in [4.78, 5) is 0. The monoisotopic (exact) mass is 271 g/mol. The molecule has 0 radical (unpaired) electrons. The van der Waals surface area contributed by atoms with E-state index in [9.17, 15) is 17.6 Å². The second-order valence-corrected chi connectivity index (χ2v) is 3.81. The maximum Gasteiger partial charge on any atom is 0.416 e. The smallest absolute Gasteiger partial charge is 0.325 e. The Labute approximate surface area is 106 Å². The third kappa shape index (κ3) is 2.87. The lowest BCUT2D eigenvalue weighted by molar-refractivity contribution is -0.137. The van der Waals surface area contributed by atoms with Gasteiger partial charge in [0.1, 0.15) is 5.82 Å². The third-order valence-electron chi connectivity index (χ3n) is 2.50. The minimum Gasteiger partial charge on any atom is -0.325 e. The fourth-order valence-electron chi connectivity index (χ4n) is 1.51. The van der Waals surface area contributed by atoms with Gasteiger partial charge in [-0.25, -0.2) is 4.39 Å². The normalized spacial score (nSPS) is 11.6. The number of hydrogen-bond acceptors (Lipinski definition) is 3. The van der Waals surface area contributed by atoms with Crippen LogP contribution >= 0.6 is 0 Å². The number of rotatable bonds is 2. The van der Waals surface area contributed by atoms with Crippen molar-refractivity contribution in [3.05, 3.63) is 47.4 Å². The van der Waals surface area contributed by atoms with Gasteiger partial charge in [-0.15, -0.1) is 0 Å². The van der Waals surface area contributed by atoms with Gasteiger partial charge in [-0.3, -0.25) is 0 Å². The standard InChI is InChI=1S/C12H9F4N3/c13-10-5-7(12(14,15)16)1-3-9(10)11-4-2-8(6-17)18-19-11/h1-5H,6,17H2. The lowest BCUT2D eigenvalue weighted by Crippen LogP contribution is -2.06. The molecule has 7 heteroatoms. The van der Waals surface area contributed by atoms with Gasteiger partial charge in [0, 0.05) is 12.1 Å². The molecule has 0 aliphatic rings. The Morgan fingerprint density at radius 1 is 1.05 bits per heavy atom. The fraction of sp³-hybridized carbons (Fsp3) is 0.167. The van der Waals surface area contributed by atoms with Crippen LogP contribution in [0.15, 0.2) is 30.3 Å². The first kappa shape index (κ1) is 13.4. The molecule has 2 N–H and O–H groups in total. The summed E-state index contributed by atoms with van der Waals surface area (Å²) in [6.45, 7) is 0.183.